The van der Waals surface area contributed by atoms with Gasteiger partial charge in [0.25, 0.3) is 0 Å². The van der Waals surface area contributed by atoms with Crippen LogP contribution in [-0.2, 0) is 0 Å². The third-order valence-corrected chi connectivity index (χ3v) is 2.05. The Morgan fingerprint density at radius 2 is 2.00 bits per heavy atom. The molecule has 0 amide bonds. The van der Waals surface area contributed by atoms with Crippen LogP contribution >= 0.6 is 0 Å². The summed E-state index contributed by atoms with van der Waals surface area (Å²) in [6.45, 7) is 0. The lowest BCUT2D eigenvalue weighted by Gasteiger charge is -2.16. The number of aromatic amines is 1. The highest BCUT2D eigenvalue weighted by atomic mass is 15.1. The van der Waals surface area contributed by atoms with Gasteiger partial charge in [0.1, 0.15) is 0 Å². The highest BCUT2D eigenvalue weighted by molar-refractivity contribution is 5.77. The first kappa shape index (κ1) is 7.22. The Kier molecular flexibility index (Phi) is 1.54. The maximum atomic E-state index is 3.20. The van der Waals surface area contributed by atoms with Gasteiger partial charge in [-0.1, -0.05) is 12.1 Å². The lowest BCUT2D eigenvalue weighted by atomic mass is 10.2. The highest BCUT2D eigenvalue weighted by Crippen LogP contribution is 2.29. The van der Waals surface area contributed by atoms with E-state index in [9.17, 15) is 0 Å². The second-order valence-electron chi connectivity index (χ2n) is 3.11. The molecule has 0 radical (unpaired) electrons. The van der Waals surface area contributed by atoms with E-state index in [0.29, 0.717) is 0 Å². The lowest BCUT2D eigenvalue weighted by Crippen LogP contribution is -2.09. The Bertz CT molecular complexity index is 349. The van der Waals surface area contributed by atoms with E-state index in [2.05, 4.69) is 48.2 Å². The third kappa shape index (κ3) is 0.961. The van der Waals surface area contributed by atoms with Crippen molar-refractivity contribution < 1.29 is 0 Å². The maximum absolute atomic E-state index is 3.20. The van der Waals surface area contributed by atoms with Crippen LogP contribution in [0.2, 0.25) is 0 Å². The minimum atomic E-state index is 1.20. The molecule has 1 heterocycles. The third-order valence-electron chi connectivity index (χ3n) is 2.05. The van der Waals surface area contributed by atoms with E-state index in [1.54, 1.807) is 0 Å². The van der Waals surface area contributed by atoms with Gasteiger partial charge in [0.2, 0.25) is 0 Å². The second kappa shape index (κ2) is 2.55. The van der Waals surface area contributed by atoms with Gasteiger partial charge in [0, 0.05) is 37.2 Å². The predicted molar refractivity (Wildman–Crippen MR) is 51.7 cm³/mol. The van der Waals surface area contributed by atoms with Gasteiger partial charge in [0.15, 0.2) is 0 Å². The first-order chi connectivity index (χ1) is 5.79. The average Bonchev–Trinajstić information content (AvgIpc) is 2.49. The van der Waals surface area contributed by atoms with Crippen molar-refractivity contribution in [3.05, 3.63) is 30.5 Å². The first-order valence-electron chi connectivity index (χ1n) is 4.02. The van der Waals surface area contributed by atoms with Crippen molar-refractivity contribution in [1.29, 1.82) is 0 Å². The van der Waals surface area contributed by atoms with Crippen LogP contribution < -0.4 is 4.90 Å². The minimum absolute atomic E-state index is 1.20. The molecule has 1 aliphatic heterocycles. The van der Waals surface area contributed by atoms with Gasteiger partial charge in [-0.3, -0.25) is 0 Å². The molecule has 2 rings (SSSR count). The van der Waals surface area contributed by atoms with Gasteiger partial charge in [-0.05, 0) is 12.1 Å². The van der Waals surface area contributed by atoms with E-state index in [1.807, 2.05) is 6.20 Å². The Labute approximate surface area is 72.2 Å². The van der Waals surface area contributed by atoms with Gasteiger partial charge in [-0.25, -0.2) is 0 Å². The molecule has 2 nitrogen and oxygen atoms in total. The van der Waals surface area contributed by atoms with Gasteiger partial charge >= 0.3 is 0 Å². The lowest BCUT2D eigenvalue weighted by molar-refractivity contribution is 1.12. The molecule has 0 bridgehead atoms. The van der Waals surface area contributed by atoms with Gasteiger partial charge in [-0.15, -0.1) is 0 Å². The van der Waals surface area contributed by atoms with Crippen molar-refractivity contribution in [2.24, 2.45) is 0 Å². The summed E-state index contributed by atoms with van der Waals surface area (Å²) in [5.41, 5.74) is 3.73. The van der Waals surface area contributed by atoms with Gasteiger partial charge < -0.3 is 9.88 Å². The van der Waals surface area contributed by atoms with Crippen molar-refractivity contribution in [2.75, 3.05) is 19.0 Å². The summed E-state index contributed by atoms with van der Waals surface area (Å²) in [6, 6.07) is 8.36. The van der Waals surface area contributed by atoms with Crippen LogP contribution in [0, 0.1) is 0 Å². The quantitative estimate of drug-likeness (QED) is 0.677. The van der Waals surface area contributed by atoms with Crippen molar-refractivity contribution in [3.63, 3.8) is 0 Å². The maximum Gasteiger partial charge on any atom is 0.0474 e. The van der Waals surface area contributed by atoms with Gasteiger partial charge in [-0.2, -0.15) is 0 Å². The van der Waals surface area contributed by atoms with Crippen LogP contribution in [-0.4, -0.2) is 19.1 Å². The molecule has 1 aliphatic carbocycles. The van der Waals surface area contributed by atoms with E-state index >= 15 is 0 Å². The summed E-state index contributed by atoms with van der Waals surface area (Å²) in [4.78, 5) is 5.32. The number of nitrogens with zero attached hydrogens (tertiary/aromatic N) is 1. The number of anilines is 1. The van der Waals surface area contributed by atoms with Crippen LogP contribution in [0.25, 0.3) is 11.3 Å². The predicted octanol–water partition coefficient (Wildman–Crippen LogP) is 2.19. The van der Waals surface area contributed by atoms with Crippen molar-refractivity contribution >= 4 is 5.69 Å². The van der Waals surface area contributed by atoms with E-state index in [0.717, 1.165) is 0 Å². The normalized spacial score (nSPS) is 10.5. The fourth-order valence-electron chi connectivity index (χ4n) is 1.46. The number of H-pyrrole nitrogens is 1. The molecule has 1 N–H and O–H groups in total. The summed E-state index contributed by atoms with van der Waals surface area (Å²) >= 11 is 0. The Morgan fingerprint density at radius 1 is 1.17 bits per heavy atom. The molecule has 2 heteroatoms. The Morgan fingerprint density at radius 3 is 2.75 bits per heavy atom. The van der Waals surface area contributed by atoms with E-state index < -0.39 is 0 Å². The molecule has 0 saturated carbocycles. The van der Waals surface area contributed by atoms with Crippen LogP contribution in [0.3, 0.4) is 0 Å². The summed E-state index contributed by atoms with van der Waals surface area (Å²) in [5, 5.41) is 0. The molecule has 0 saturated heterocycles. The zero-order chi connectivity index (χ0) is 8.55. The van der Waals surface area contributed by atoms with Crippen LogP contribution in [0.5, 0.6) is 0 Å². The SMILES string of the molecule is CN(C)c1cc[nH]c2cccc1-2. The molecule has 0 spiro atoms. The number of fused-ring (bicyclic) bond motifs is 1. The van der Waals surface area contributed by atoms with E-state index in [-0.39, 0.29) is 0 Å². The second-order valence-corrected chi connectivity index (χ2v) is 3.11. The fourth-order valence-corrected chi connectivity index (χ4v) is 1.46. The zero-order valence-corrected chi connectivity index (χ0v) is 7.33. The highest BCUT2D eigenvalue weighted by Gasteiger charge is 2.07. The van der Waals surface area contributed by atoms with Crippen LogP contribution in [0.1, 0.15) is 0 Å². The molecule has 2 aliphatic rings. The van der Waals surface area contributed by atoms with Crippen LogP contribution in [0.15, 0.2) is 30.5 Å². The standard InChI is InChI=1S/C10H12N2/c1-12(2)10-6-7-11-9-5-3-4-8(9)10/h3-7,11H,1-2H3. The molecular formula is C10H12N2. The number of pyridine rings is 1. The largest absolute Gasteiger partial charge is 0.377 e. The number of nitrogens with one attached hydrogen (secondary N) is 1. The molecule has 0 atom stereocenters. The molecule has 0 aromatic rings. The average molecular weight is 160 g/mol. The summed E-state index contributed by atoms with van der Waals surface area (Å²) in [6.07, 6.45) is 1.97. The Balaban J connectivity index is 2.63. The molecule has 0 aromatic carbocycles. The number of rotatable bonds is 1. The van der Waals surface area contributed by atoms with Crippen molar-refractivity contribution in [3.8, 4) is 11.3 Å². The van der Waals surface area contributed by atoms with Crippen molar-refractivity contribution in [2.45, 2.75) is 0 Å². The monoisotopic (exact) mass is 160 g/mol. The number of hydrogen-bond donors (Lipinski definition) is 1. The van der Waals surface area contributed by atoms with E-state index in [1.165, 1.54) is 16.9 Å². The van der Waals surface area contributed by atoms with Crippen molar-refractivity contribution in [1.82, 2.24) is 4.98 Å². The van der Waals surface area contributed by atoms with E-state index in [4.69, 9.17) is 0 Å². The zero-order valence-electron chi connectivity index (χ0n) is 7.33. The Hall–Kier alpha value is -1.44. The van der Waals surface area contributed by atoms with Crippen LogP contribution in [0.4, 0.5) is 5.69 Å². The molecule has 12 heavy (non-hydrogen) atoms. The number of aromatic nitrogens is 1. The van der Waals surface area contributed by atoms with Gasteiger partial charge in [0.05, 0.1) is 0 Å². The summed E-state index contributed by atoms with van der Waals surface area (Å²) < 4.78 is 0. The molecular weight excluding hydrogens is 148 g/mol. The molecule has 0 fully saturated rings. The smallest absolute Gasteiger partial charge is 0.0474 e. The summed E-state index contributed by atoms with van der Waals surface area (Å²) in [7, 11) is 4.11. The molecule has 0 unspecified atom stereocenters. The molecule has 0 aromatic heterocycles. The first-order valence-corrected chi connectivity index (χ1v) is 4.02. The fraction of sp³-hybridized carbons (Fsp3) is 0.200. The minimum Gasteiger partial charge on any atom is -0.377 e. The number of hydrogen-bond acceptors (Lipinski definition) is 1. The summed E-state index contributed by atoms with van der Waals surface area (Å²) in [5.74, 6) is 0. The topological polar surface area (TPSA) is 19.0 Å². The molecule has 62 valence electrons.